The van der Waals surface area contributed by atoms with E-state index in [1.165, 1.54) is 0 Å². The minimum atomic E-state index is 0.117. The molecule has 0 radical (unpaired) electrons. The maximum absolute atomic E-state index is 11.6. The van der Waals surface area contributed by atoms with Gasteiger partial charge in [0.1, 0.15) is 5.75 Å². The fourth-order valence-corrected chi connectivity index (χ4v) is 1.32. The van der Waals surface area contributed by atoms with Crippen molar-refractivity contribution in [1.82, 2.24) is 0 Å². The first-order valence-corrected chi connectivity index (χ1v) is 5.06. The van der Waals surface area contributed by atoms with Crippen molar-refractivity contribution in [3.8, 4) is 5.75 Å². The van der Waals surface area contributed by atoms with E-state index in [9.17, 15) is 4.79 Å². The number of rotatable bonds is 6. The number of ketones is 1. The van der Waals surface area contributed by atoms with E-state index in [4.69, 9.17) is 9.84 Å². The summed E-state index contributed by atoms with van der Waals surface area (Å²) in [6, 6.07) is 7.08. The molecule has 15 heavy (non-hydrogen) atoms. The summed E-state index contributed by atoms with van der Waals surface area (Å²) in [4.78, 5) is 11.6. The van der Waals surface area contributed by atoms with Gasteiger partial charge in [0, 0.05) is 18.6 Å². The summed E-state index contributed by atoms with van der Waals surface area (Å²) >= 11 is 0. The Morgan fingerprint density at radius 2 is 1.93 bits per heavy atom. The highest BCUT2D eigenvalue weighted by Gasteiger charge is 2.04. The third-order valence-corrected chi connectivity index (χ3v) is 2.22. The van der Waals surface area contributed by atoms with Crippen molar-refractivity contribution in [1.29, 1.82) is 0 Å². The lowest BCUT2D eigenvalue weighted by atomic mass is 10.1. The number of aliphatic hydroxyl groups excluding tert-OH is 1. The van der Waals surface area contributed by atoms with Gasteiger partial charge in [-0.15, -0.1) is 0 Å². The smallest absolute Gasteiger partial charge is 0.162 e. The number of aliphatic hydroxyl groups is 1. The van der Waals surface area contributed by atoms with Crippen LogP contribution >= 0.6 is 0 Å². The predicted octanol–water partition coefficient (Wildman–Crippen LogP) is 2.04. The molecule has 0 heterocycles. The van der Waals surface area contributed by atoms with Gasteiger partial charge in [-0.1, -0.05) is 0 Å². The van der Waals surface area contributed by atoms with Crippen LogP contribution in [0.4, 0.5) is 0 Å². The quantitative estimate of drug-likeness (QED) is 0.575. The zero-order valence-corrected chi connectivity index (χ0v) is 8.90. The van der Waals surface area contributed by atoms with E-state index in [1.54, 1.807) is 31.4 Å². The van der Waals surface area contributed by atoms with Crippen LogP contribution in [0.1, 0.15) is 29.6 Å². The fraction of sp³-hybridized carbons (Fsp3) is 0.417. The molecular formula is C12H16O3. The fourth-order valence-electron chi connectivity index (χ4n) is 1.32. The normalized spacial score (nSPS) is 10.0. The van der Waals surface area contributed by atoms with E-state index < -0.39 is 0 Å². The van der Waals surface area contributed by atoms with Crippen molar-refractivity contribution in [2.24, 2.45) is 0 Å². The van der Waals surface area contributed by atoms with E-state index in [2.05, 4.69) is 0 Å². The summed E-state index contributed by atoms with van der Waals surface area (Å²) in [7, 11) is 1.60. The summed E-state index contributed by atoms with van der Waals surface area (Å²) in [5.74, 6) is 0.869. The van der Waals surface area contributed by atoms with E-state index in [0.717, 1.165) is 12.2 Å². The van der Waals surface area contributed by atoms with Gasteiger partial charge in [-0.2, -0.15) is 0 Å². The van der Waals surface area contributed by atoms with Gasteiger partial charge < -0.3 is 9.84 Å². The molecule has 0 aliphatic carbocycles. The van der Waals surface area contributed by atoms with Crippen LogP contribution in [0.15, 0.2) is 24.3 Å². The summed E-state index contributed by atoms with van der Waals surface area (Å²) < 4.78 is 5.00. The highest BCUT2D eigenvalue weighted by atomic mass is 16.5. The number of carbonyl (C=O) groups is 1. The van der Waals surface area contributed by atoms with Gasteiger partial charge in [-0.3, -0.25) is 4.79 Å². The molecule has 0 aliphatic heterocycles. The molecule has 3 nitrogen and oxygen atoms in total. The van der Waals surface area contributed by atoms with Crippen LogP contribution in [0.3, 0.4) is 0 Å². The Balaban J connectivity index is 2.50. The van der Waals surface area contributed by atoms with Crippen molar-refractivity contribution in [3.05, 3.63) is 29.8 Å². The second-order valence-corrected chi connectivity index (χ2v) is 3.33. The molecule has 1 N–H and O–H groups in total. The number of hydrogen-bond acceptors (Lipinski definition) is 3. The summed E-state index contributed by atoms with van der Waals surface area (Å²) in [6.45, 7) is 0.149. The van der Waals surface area contributed by atoms with Crippen LogP contribution in [-0.4, -0.2) is 24.6 Å². The molecule has 0 saturated carbocycles. The second-order valence-electron chi connectivity index (χ2n) is 3.33. The van der Waals surface area contributed by atoms with E-state index >= 15 is 0 Å². The zero-order valence-electron chi connectivity index (χ0n) is 8.90. The number of benzene rings is 1. The Morgan fingerprint density at radius 1 is 1.27 bits per heavy atom. The average Bonchev–Trinajstić information content (AvgIpc) is 2.29. The number of methoxy groups -OCH3 is 1. The highest BCUT2D eigenvalue weighted by molar-refractivity contribution is 5.96. The average molecular weight is 208 g/mol. The zero-order chi connectivity index (χ0) is 11.1. The lowest BCUT2D eigenvalue weighted by Gasteiger charge is -2.02. The minimum absolute atomic E-state index is 0.117. The van der Waals surface area contributed by atoms with Crippen molar-refractivity contribution in [2.75, 3.05) is 13.7 Å². The maximum Gasteiger partial charge on any atom is 0.162 e. The van der Waals surface area contributed by atoms with Crippen LogP contribution in [0, 0.1) is 0 Å². The number of hydrogen-bond donors (Lipinski definition) is 1. The third kappa shape index (κ3) is 3.72. The van der Waals surface area contributed by atoms with Crippen LogP contribution in [0.25, 0.3) is 0 Å². The van der Waals surface area contributed by atoms with Crippen molar-refractivity contribution < 1.29 is 14.6 Å². The Bertz CT molecular complexity index is 303. The van der Waals surface area contributed by atoms with E-state index in [-0.39, 0.29) is 12.4 Å². The van der Waals surface area contributed by atoms with Gasteiger partial charge in [0.05, 0.1) is 7.11 Å². The molecule has 0 atom stereocenters. The first-order chi connectivity index (χ1) is 7.27. The molecule has 0 spiro atoms. The van der Waals surface area contributed by atoms with Gasteiger partial charge in [0.2, 0.25) is 0 Å². The molecular weight excluding hydrogens is 192 g/mol. The summed E-state index contributed by atoms with van der Waals surface area (Å²) in [5, 5.41) is 8.59. The van der Waals surface area contributed by atoms with Crippen molar-refractivity contribution >= 4 is 5.78 Å². The maximum atomic E-state index is 11.6. The summed E-state index contributed by atoms with van der Waals surface area (Å²) in [5.41, 5.74) is 0.703. The van der Waals surface area contributed by atoms with Gasteiger partial charge in [0.15, 0.2) is 5.78 Å². The number of unbranched alkanes of at least 4 members (excludes halogenated alkanes) is 1. The number of ether oxygens (including phenoxy) is 1. The minimum Gasteiger partial charge on any atom is -0.497 e. The standard InChI is InChI=1S/C12H16O3/c1-15-11-7-5-10(6-8-11)12(14)4-2-3-9-13/h5-8,13H,2-4,9H2,1H3. The van der Waals surface area contributed by atoms with Gasteiger partial charge in [-0.05, 0) is 37.1 Å². The van der Waals surface area contributed by atoms with Gasteiger partial charge >= 0.3 is 0 Å². The van der Waals surface area contributed by atoms with Crippen LogP contribution in [0.2, 0.25) is 0 Å². The molecule has 0 unspecified atom stereocenters. The first-order valence-electron chi connectivity index (χ1n) is 5.06. The number of Topliss-reactive ketones (excluding diaryl/α,β-unsaturated/α-hetero) is 1. The highest BCUT2D eigenvalue weighted by Crippen LogP contribution is 2.13. The first kappa shape index (κ1) is 11.7. The number of carbonyl (C=O) groups excluding carboxylic acids is 1. The molecule has 82 valence electrons. The Morgan fingerprint density at radius 3 is 2.47 bits per heavy atom. The van der Waals surface area contributed by atoms with Gasteiger partial charge in [0.25, 0.3) is 0 Å². The summed E-state index contributed by atoms with van der Waals surface area (Å²) in [6.07, 6.45) is 1.91. The van der Waals surface area contributed by atoms with Crippen LogP contribution in [-0.2, 0) is 0 Å². The molecule has 0 saturated heterocycles. The lowest BCUT2D eigenvalue weighted by molar-refractivity contribution is 0.0977. The Hall–Kier alpha value is -1.35. The van der Waals surface area contributed by atoms with Gasteiger partial charge in [-0.25, -0.2) is 0 Å². The molecule has 0 fully saturated rings. The molecule has 1 rings (SSSR count). The molecule has 0 bridgehead atoms. The third-order valence-electron chi connectivity index (χ3n) is 2.22. The predicted molar refractivity (Wildman–Crippen MR) is 58.3 cm³/mol. The molecule has 0 aliphatic rings. The topological polar surface area (TPSA) is 46.5 Å². The Labute approximate surface area is 89.7 Å². The van der Waals surface area contributed by atoms with Crippen LogP contribution in [0.5, 0.6) is 5.75 Å². The molecule has 0 amide bonds. The van der Waals surface area contributed by atoms with E-state index in [0.29, 0.717) is 18.4 Å². The van der Waals surface area contributed by atoms with E-state index in [1.807, 2.05) is 0 Å². The molecule has 1 aromatic rings. The Kier molecular flexibility index (Phi) is 4.84. The monoisotopic (exact) mass is 208 g/mol. The van der Waals surface area contributed by atoms with Crippen LogP contribution < -0.4 is 4.74 Å². The largest absolute Gasteiger partial charge is 0.497 e. The van der Waals surface area contributed by atoms with Crippen molar-refractivity contribution in [3.63, 3.8) is 0 Å². The lowest BCUT2D eigenvalue weighted by Crippen LogP contribution is -1.99. The molecule has 1 aromatic carbocycles. The SMILES string of the molecule is COc1ccc(C(=O)CCCCO)cc1. The van der Waals surface area contributed by atoms with Crippen molar-refractivity contribution in [2.45, 2.75) is 19.3 Å². The second kappa shape index (κ2) is 6.19. The molecule has 3 heteroatoms. The molecule has 0 aromatic heterocycles.